The lowest BCUT2D eigenvalue weighted by molar-refractivity contribution is 0.182. The van der Waals surface area contributed by atoms with Crippen molar-refractivity contribution in [2.24, 2.45) is 0 Å². The summed E-state index contributed by atoms with van der Waals surface area (Å²) in [6.07, 6.45) is 0. The normalized spacial score (nSPS) is 12.9. The van der Waals surface area contributed by atoms with Gasteiger partial charge in [-0.3, -0.25) is 0 Å². The van der Waals surface area contributed by atoms with E-state index in [0.717, 1.165) is 11.1 Å². The molecule has 0 saturated carbocycles. The number of likely N-dealkylation sites (N-methyl/N-ethyl adjacent to an activating group) is 1. The second-order valence-corrected chi connectivity index (χ2v) is 4.14. The van der Waals surface area contributed by atoms with Crippen molar-refractivity contribution >= 4 is 22.8 Å². The Bertz CT molecular complexity index is 509. The molecular weight excluding hydrogens is 218 g/mol. The lowest BCUT2D eigenvalue weighted by Crippen LogP contribution is -2.32. The van der Waals surface area contributed by atoms with Crippen LogP contribution in [-0.2, 0) is 4.74 Å². The molecule has 0 aliphatic heterocycles. The molecule has 0 aliphatic rings. The maximum Gasteiger partial charge on any atom is 0.298 e. The first-order valence-electron chi connectivity index (χ1n) is 5.49. The van der Waals surface area contributed by atoms with Crippen molar-refractivity contribution in [3.63, 3.8) is 0 Å². The number of nitrogens with two attached hydrogens (primary N) is 1. The maximum absolute atomic E-state index is 5.70. The van der Waals surface area contributed by atoms with E-state index < -0.39 is 0 Å². The van der Waals surface area contributed by atoms with Crippen LogP contribution in [-0.4, -0.2) is 31.8 Å². The monoisotopic (exact) mass is 235 g/mol. The number of hydrogen-bond acceptors (Lipinski definition) is 5. The molecule has 2 N–H and O–H groups in total. The summed E-state index contributed by atoms with van der Waals surface area (Å²) in [4.78, 5) is 6.34. The molecule has 0 bridgehead atoms. The highest BCUT2D eigenvalue weighted by atomic mass is 16.5. The van der Waals surface area contributed by atoms with Crippen molar-refractivity contribution < 1.29 is 9.15 Å². The number of methoxy groups -OCH3 is 1. The zero-order chi connectivity index (χ0) is 12.4. The molecule has 17 heavy (non-hydrogen) atoms. The molecule has 0 saturated heterocycles. The van der Waals surface area contributed by atoms with Gasteiger partial charge in [-0.2, -0.15) is 4.98 Å². The quantitative estimate of drug-likeness (QED) is 0.820. The molecule has 2 aromatic rings. The van der Waals surface area contributed by atoms with Crippen molar-refractivity contribution in [2.45, 2.75) is 13.0 Å². The van der Waals surface area contributed by atoms with E-state index in [0.29, 0.717) is 18.3 Å². The Hall–Kier alpha value is -1.75. The molecule has 0 spiro atoms. The summed E-state index contributed by atoms with van der Waals surface area (Å²) < 4.78 is 10.8. The van der Waals surface area contributed by atoms with Crippen LogP contribution in [0.1, 0.15) is 6.92 Å². The maximum atomic E-state index is 5.70. The summed E-state index contributed by atoms with van der Waals surface area (Å²) in [7, 11) is 3.61. The number of nitrogens with zero attached hydrogens (tertiary/aromatic N) is 2. The molecule has 2 rings (SSSR count). The van der Waals surface area contributed by atoms with Gasteiger partial charge in [0.1, 0.15) is 5.52 Å². The van der Waals surface area contributed by atoms with E-state index in [1.807, 2.05) is 24.9 Å². The Morgan fingerprint density at radius 3 is 3.00 bits per heavy atom. The first-order valence-corrected chi connectivity index (χ1v) is 5.49. The van der Waals surface area contributed by atoms with Crippen molar-refractivity contribution in [1.29, 1.82) is 0 Å². The van der Waals surface area contributed by atoms with E-state index in [9.17, 15) is 0 Å². The minimum atomic E-state index is 0.199. The van der Waals surface area contributed by atoms with Crippen molar-refractivity contribution in [1.82, 2.24) is 4.98 Å². The Balaban J connectivity index is 2.29. The van der Waals surface area contributed by atoms with E-state index in [2.05, 4.69) is 4.98 Å². The Kier molecular flexibility index (Phi) is 3.19. The van der Waals surface area contributed by atoms with Crippen LogP contribution in [0.3, 0.4) is 0 Å². The summed E-state index contributed by atoms with van der Waals surface area (Å²) in [5.41, 5.74) is 7.90. The third-order valence-corrected chi connectivity index (χ3v) is 2.77. The number of ether oxygens (including phenoxy) is 1. The van der Waals surface area contributed by atoms with E-state index in [1.54, 1.807) is 19.2 Å². The molecule has 0 amide bonds. The fourth-order valence-electron chi connectivity index (χ4n) is 1.62. The first kappa shape index (κ1) is 11.7. The summed E-state index contributed by atoms with van der Waals surface area (Å²) >= 11 is 0. The van der Waals surface area contributed by atoms with Gasteiger partial charge in [0.25, 0.3) is 6.01 Å². The van der Waals surface area contributed by atoms with Crippen LogP contribution < -0.4 is 10.6 Å². The van der Waals surface area contributed by atoms with Gasteiger partial charge in [-0.05, 0) is 25.1 Å². The summed E-state index contributed by atoms with van der Waals surface area (Å²) in [6, 6.07) is 6.21. The van der Waals surface area contributed by atoms with Crippen LogP contribution in [0.4, 0.5) is 11.7 Å². The van der Waals surface area contributed by atoms with E-state index >= 15 is 0 Å². The minimum absolute atomic E-state index is 0.199. The number of hydrogen-bond donors (Lipinski definition) is 1. The van der Waals surface area contributed by atoms with Crippen LogP contribution in [0, 0.1) is 0 Å². The van der Waals surface area contributed by atoms with Gasteiger partial charge < -0.3 is 19.8 Å². The highest BCUT2D eigenvalue weighted by Crippen LogP contribution is 2.23. The van der Waals surface area contributed by atoms with Crippen LogP contribution in [0.5, 0.6) is 0 Å². The number of nitrogen functional groups attached to an aromatic ring is 1. The van der Waals surface area contributed by atoms with Gasteiger partial charge in [-0.1, -0.05) is 0 Å². The first-order chi connectivity index (χ1) is 8.11. The highest BCUT2D eigenvalue weighted by Gasteiger charge is 2.15. The minimum Gasteiger partial charge on any atom is -0.423 e. The molecule has 1 aromatic carbocycles. The van der Waals surface area contributed by atoms with Gasteiger partial charge in [0.15, 0.2) is 5.58 Å². The molecule has 1 atom stereocenters. The van der Waals surface area contributed by atoms with E-state index in [-0.39, 0.29) is 6.04 Å². The van der Waals surface area contributed by atoms with Gasteiger partial charge in [-0.25, -0.2) is 0 Å². The average Bonchev–Trinajstić information content (AvgIpc) is 2.71. The Morgan fingerprint density at radius 1 is 1.53 bits per heavy atom. The molecule has 5 heteroatoms. The molecule has 0 fully saturated rings. The molecule has 1 heterocycles. The Morgan fingerprint density at radius 2 is 2.29 bits per heavy atom. The number of aromatic nitrogens is 1. The molecule has 5 nitrogen and oxygen atoms in total. The standard InChI is InChI=1S/C12H17N3O2/c1-8(7-16-3)15(2)12-14-10-6-9(13)4-5-11(10)17-12/h4-6,8H,7,13H2,1-3H3. The van der Waals surface area contributed by atoms with E-state index in [4.69, 9.17) is 14.9 Å². The lowest BCUT2D eigenvalue weighted by atomic mass is 10.3. The van der Waals surface area contributed by atoms with Gasteiger partial charge >= 0.3 is 0 Å². The lowest BCUT2D eigenvalue weighted by Gasteiger charge is -2.21. The second-order valence-electron chi connectivity index (χ2n) is 4.14. The fraction of sp³-hybridized carbons (Fsp3) is 0.417. The Labute approximate surface area is 100 Å². The SMILES string of the molecule is COCC(C)N(C)c1nc2cc(N)ccc2o1. The zero-order valence-corrected chi connectivity index (χ0v) is 10.3. The van der Waals surface area contributed by atoms with Crippen molar-refractivity contribution in [2.75, 3.05) is 31.4 Å². The number of benzene rings is 1. The fourth-order valence-corrected chi connectivity index (χ4v) is 1.62. The van der Waals surface area contributed by atoms with Crippen LogP contribution >= 0.6 is 0 Å². The zero-order valence-electron chi connectivity index (χ0n) is 10.3. The van der Waals surface area contributed by atoms with Gasteiger partial charge in [0.2, 0.25) is 0 Å². The molecule has 0 radical (unpaired) electrons. The predicted molar refractivity (Wildman–Crippen MR) is 68.2 cm³/mol. The number of anilines is 2. The van der Waals surface area contributed by atoms with Crippen LogP contribution in [0.25, 0.3) is 11.1 Å². The summed E-state index contributed by atoms with van der Waals surface area (Å²) in [6.45, 7) is 2.67. The summed E-state index contributed by atoms with van der Waals surface area (Å²) in [5, 5.41) is 0. The molecule has 1 unspecified atom stereocenters. The molecular formula is C12H17N3O2. The molecule has 0 aliphatic carbocycles. The number of rotatable bonds is 4. The third-order valence-electron chi connectivity index (χ3n) is 2.77. The average molecular weight is 235 g/mol. The number of oxazole rings is 1. The topological polar surface area (TPSA) is 64.5 Å². The van der Waals surface area contributed by atoms with Crippen molar-refractivity contribution in [3.05, 3.63) is 18.2 Å². The smallest absolute Gasteiger partial charge is 0.298 e. The largest absolute Gasteiger partial charge is 0.423 e. The third kappa shape index (κ3) is 2.34. The number of fused-ring (bicyclic) bond motifs is 1. The van der Waals surface area contributed by atoms with Crippen molar-refractivity contribution in [3.8, 4) is 0 Å². The van der Waals surface area contributed by atoms with Gasteiger partial charge in [0.05, 0.1) is 12.6 Å². The van der Waals surface area contributed by atoms with E-state index in [1.165, 1.54) is 0 Å². The van der Waals surface area contributed by atoms with Crippen LogP contribution in [0.2, 0.25) is 0 Å². The molecule has 1 aromatic heterocycles. The second kappa shape index (κ2) is 4.63. The van der Waals surface area contributed by atoms with Gasteiger partial charge in [-0.15, -0.1) is 0 Å². The van der Waals surface area contributed by atoms with Crippen LogP contribution in [0.15, 0.2) is 22.6 Å². The molecule has 92 valence electrons. The predicted octanol–water partition coefficient (Wildman–Crippen LogP) is 1.88. The van der Waals surface area contributed by atoms with Gasteiger partial charge in [0, 0.05) is 19.8 Å². The highest BCUT2D eigenvalue weighted by molar-refractivity contribution is 5.78. The summed E-state index contributed by atoms with van der Waals surface area (Å²) in [5.74, 6) is 0.